The number of aromatic amines is 1. The Hall–Kier alpha value is -2.30. The smallest absolute Gasteiger partial charge is 0.306 e. The molecule has 0 saturated carbocycles. The van der Waals surface area contributed by atoms with E-state index in [0.717, 1.165) is 16.5 Å². The van der Waals surface area contributed by atoms with Crippen LogP contribution < -0.4 is 0 Å². The van der Waals surface area contributed by atoms with Crippen molar-refractivity contribution in [3.8, 4) is 0 Å². The molecule has 0 amide bonds. The van der Waals surface area contributed by atoms with Crippen LogP contribution in [0.4, 0.5) is 0 Å². The van der Waals surface area contributed by atoms with Crippen molar-refractivity contribution >= 4 is 22.8 Å². The molecule has 0 aliphatic carbocycles. The van der Waals surface area contributed by atoms with Crippen molar-refractivity contribution in [2.24, 2.45) is 5.92 Å². The van der Waals surface area contributed by atoms with Crippen molar-refractivity contribution in [1.82, 2.24) is 4.98 Å². The zero-order chi connectivity index (χ0) is 13.8. The molecular formula is C14H15NO4. The van der Waals surface area contributed by atoms with Crippen molar-refractivity contribution in [1.29, 1.82) is 0 Å². The van der Waals surface area contributed by atoms with Gasteiger partial charge in [0.2, 0.25) is 0 Å². The number of benzene rings is 1. The van der Waals surface area contributed by atoms with Crippen LogP contribution in [0.5, 0.6) is 0 Å². The van der Waals surface area contributed by atoms with Gasteiger partial charge in [-0.15, -0.1) is 0 Å². The van der Waals surface area contributed by atoms with Crippen LogP contribution in [-0.2, 0) is 16.0 Å². The number of carboxylic acid groups (broad SMARTS) is 2. The summed E-state index contributed by atoms with van der Waals surface area (Å²) < 4.78 is 0. The molecular weight excluding hydrogens is 246 g/mol. The SMILES string of the molecule is O=C(O)CCC(Cc1c[nH]c2ccccc12)C(=O)O. The summed E-state index contributed by atoms with van der Waals surface area (Å²) in [4.78, 5) is 24.8. The zero-order valence-corrected chi connectivity index (χ0v) is 10.3. The topological polar surface area (TPSA) is 90.4 Å². The van der Waals surface area contributed by atoms with Crippen LogP contribution in [-0.4, -0.2) is 27.1 Å². The molecule has 19 heavy (non-hydrogen) atoms. The Balaban J connectivity index is 2.16. The molecule has 1 unspecified atom stereocenters. The van der Waals surface area contributed by atoms with Gasteiger partial charge in [-0.2, -0.15) is 0 Å². The Morgan fingerprint density at radius 2 is 1.95 bits per heavy atom. The number of H-pyrrole nitrogens is 1. The lowest BCUT2D eigenvalue weighted by atomic mass is 9.94. The molecule has 100 valence electrons. The summed E-state index contributed by atoms with van der Waals surface area (Å²) in [5.41, 5.74) is 1.87. The van der Waals surface area contributed by atoms with Gasteiger partial charge in [-0.05, 0) is 24.5 Å². The lowest BCUT2D eigenvalue weighted by molar-refractivity contribution is -0.142. The van der Waals surface area contributed by atoms with E-state index in [1.807, 2.05) is 24.3 Å². The minimum Gasteiger partial charge on any atom is -0.481 e. The number of rotatable bonds is 6. The van der Waals surface area contributed by atoms with Gasteiger partial charge >= 0.3 is 11.9 Å². The van der Waals surface area contributed by atoms with Crippen LogP contribution in [0.1, 0.15) is 18.4 Å². The summed E-state index contributed by atoms with van der Waals surface area (Å²) in [5, 5.41) is 18.8. The molecule has 5 nitrogen and oxygen atoms in total. The highest BCUT2D eigenvalue weighted by atomic mass is 16.4. The highest BCUT2D eigenvalue weighted by Gasteiger charge is 2.20. The van der Waals surface area contributed by atoms with Crippen molar-refractivity contribution < 1.29 is 19.8 Å². The van der Waals surface area contributed by atoms with E-state index in [1.54, 1.807) is 6.20 Å². The molecule has 2 rings (SSSR count). The highest BCUT2D eigenvalue weighted by Crippen LogP contribution is 2.22. The van der Waals surface area contributed by atoms with E-state index in [2.05, 4.69) is 4.98 Å². The Morgan fingerprint density at radius 1 is 1.21 bits per heavy atom. The van der Waals surface area contributed by atoms with E-state index in [0.29, 0.717) is 6.42 Å². The van der Waals surface area contributed by atoms with Crippen LogP contribution in [0.3, 0.4) is 0 Å². The fourth-order valence-electron chi connectivity index (χ4n) is 2.18. The second-order valence-electron chi connectivity index (χ2n) is 4.53. The molecule has 1 aromatic heterocycles. The van der Waals surface area contributed by atoms with Gasteiger partial charge in [-0.3, -0.25) is 9.59 Å². The van der Waals surface area contributed by atoms with Gasteiger partial charge in [-0.1, -0.05) is 18.2 Å². The van der Waals surface area contributed by atoms with Gasteiger partial charge in [0.15, 0.2) is 0 Å². The first-order chi connectivity index (χ1) is 9.08. The summed E-state index contributed by atoms with van der Waals surface area (Å²) >= 11 is 0. The fraction of sp³-hybridized carbons (Fsp3) is 0.286. The molecule has 0 radical (unpaired) electrons. The van der Waals surface area contributed by atoms with Crippen LogP contribution in [0.25, 0.3) is 10.9 Å². The summed E-state index contributed by atoms with van der Waals surface area (Å²) in [6.07, 6.45) is 2.15. The Bertz CT molecular complexity index is 602. The summed E-state index contributed by atoms with van der Waals surface area (Å²) in [6.45, 7) is 0. The van der Waals surface area contributed by atoms with Crippen molar-refractivity contribution in [3.05, 3.63) is 36.0 Å². The van der Waals surface area contributed by atoms with Gasteiger partial charge in [0.05, 0.1) is 5.92 Å². The molecule has 1 aromatic carbocycles. The number of fused-ring (bicyclic) bond motifs is 1. The molecule has 0 spiro atoms. The number of carboxylic acids is 2. The molecule has 0 aliphatic rings. The van der Waals surface area contributed by atoms with Crippen LogP contribution in [0.2, 0.25) is 0 Å². The Labute approximate surface area is 109 Å². The monoisotopic (exact) mass is 261 g/mol. The van der Waals surface area contributed by atoms with Crippen molar-refractivity contribution in [2.45, 2.75) is 19.3 Å². The van der Waals surface area contributed by atoms with Gasteiger partial charge < -0.3 is 15.2 Å². The fourth-order valence-corrected chi connectivity index (χ4v) is 2.18. The molecule has 0 saturated heterocycles. The Kier molecular flexibility index (Phi) is 3.85. The molecule has 2 aromatic rings. The predicted molar refractivity (Wildman–Crippen MR) is 70.0 cm³/mol. The minimum absolute atomic E-state index is 0.126. The normalized spacial score (nSPS) is 12.4. The third-order valence-corrected chi connectivity index (χ3v) is 3.20. The number of hydrogen-bond donors (Lipinski definition) is 3. The number of aliphatic carboxylic acids is 2. The quantitative estimate of drug-likeness (QED) is 0.744. The largest absolute Gasteiger partial charge is 0.481 e. The number of hydrogen-bond acceptors (Lipinski definition) is 2. The average Bonchev–Trinajstić information content (AvgIpc) is 2.77. The molecule has 0 fully saturated rings. The van der Waals surface area contributed by atoms with Gasteiger partial charge in [-0.25, -0.2) is 0 Å². The molecule has 1 heterocycles. The number of carbonyl (C=O) groups is 2. The molecule has 0 bridgehead atoms. The standard InChI is InChI=1S/C14H15NO4/c16-13(17)6-5-9(14(18)19)7-10-8-15-12-4-2-1-3-11(10)12/h1-4,8-9,15H,5-7H2,(H,16,17)(H,18,19). The maximum atomic E-state index is 11.2. The molecule has 3 N–H and O–H groups in total. The van der Waals surface area contributed by atoms with E-state index >= 15 is 0 Å². The highest BCUT2D eigenvalue weighted by molar-refractivity contribution is 5.84. The first kappa shape index (κ1) is 13.1. The van der Waals surface area contributed by atoms with Crippen molar-refractivity contribution in [3.63, 3.8) is 0 Å². The Morgan fingerprint density at radius 3 is 2.63 bits per heavy atom. The van der Waals surface area contributed by atoms with Gasteiger partial charge in [0, 0.05) is 23.5 Å². The second kappa shape index (κ2) is 5.56. The van der Waals surface area contributed by atoms with E-state index in [-0.39, 0.29) is 12.8 Å². The third-order valence-electron chi connectivity index (χ3n) is 3.20. The number of aromatic nitrogens is 1. The minimum atomic E-state index is -0.967. The van der Waals surface area contributed by atoms with Crippen LogP contribution in [0, 0.1) is 5.92 Å². The van der Waals surface area contributed by atoms with E-state index in [4.69, 9.17) is 10.2 Å². The first-order valence-electron chi connectivity index (χ1n) is 6.07. The average molecular weight is 261 g/mol. The van der Waals surface area contributed by atoms with E-state index in [9.17, 15) is 9.59 Å². The molecule has 5 heteroatoms. The zero-order valence-electron chi connectivity index (χ0n) is 10.3. The van der Waals surface area contributed by atoms with E-state index < -0.39 is 17.9 Å². The molecule has 1 atom stereocenters. The summed E-state index contributed by atoms with van der Waals surface area (Å²) in [7, 11) is 0. The molecule has 0 aliphatic heterocycles. The van der Waals surface area contributed by atoms with Crippen LogP contribution >= 0.6 is 0 Å². The maximum Gasteiger partial charge on any atom is 0.306 e. The second-order valence-corrected chi connectivity index (χ2v) is 4.53. The van der Waals surface area contributed by atoms with Crippen molar-refractivity contribution in [2.75, 3.05) is 0 Å². The first-order valence-corrected chi connectivity index (χ1v) is 6.07. The van der Waals surface area contributed by atoms with E-state index in [1.165, 1.54) is 0 Å². The summed E-state index contributed by atoms with van der Waals surface area (Å²) in [5.74, 6) is -2.59. The third kappa shape index (κ3) is 3.13. The maximum absolute atomic E-state index is 11.2. The lowest BCUT2D eigenvalue weighted by Crippen LogP contribution is -2.17. The lowest BCUT2D eigenvalue weighted by Gasteiger charge is -2.10. The summed E-state index contributed by atoms with van der Waals surface area (Å²) in [6, 6.07) is 7.65. The van der Waals surface area contributed by atoms with Crippen LogP contribution in [0.15, 0.2) is 30.5 Å². The predicted octanol–water partition coefficient (Wildman–Crippen LogP) is 2.28. The number of nitrogens with one attached hydrogen (secondary N) is 1. The van der Waals surface area contributed by atoms with Gasteiger partial charge in [0.25, 0.3) is 0 Å². The van der Waals surface area contributed by atoms with Gasteiger partial charge in [0.1, 0.15) is 0 Å². The number of para-hydroxylation sites is 1.